The Balaban J connectivity index is 1.45. The molecule has 2 aromatic carbocycles. The molecule has 0 spiro atoms. The molecular weight excluding hydrogens is 453 g/mol. The number of hydrogen-bond acceptors (Lipinski definition) is 5. The highest BCUT2D eigenvalue weighted by Gasteiger charge is 2.32. The first-order chi connectivity index (χ1) is 15.8. The summed E-state index contributed by atoms with van der Waals surface area (Å²) in [6.07, 6.45) is -2.74. The summed E-state index contributed by atoms with van der Waals surface area (Å²) in [5, 5.41) is 7.27. The molecule has 172 valence electrons. The number of thiazole rings is 1. The van der Waals surface area contributed by atoms with Crippen LogP contribution in [0.3, 0.4) is 0 Å². The number of rotatable bonds is 6. The first-order valence-electron chi connectivity index (χ1n) is 10.4. The third-order valence-electron chi connectivity index (χ3n) is 5.19. The second-order valence-electron chi connectivity index (χ2n) is 7.61. The van der Waals surface area contributed by atoms with Crippen molar-refractivity contribution < 1.29 is 22.8 Å². The maximum Gasteiger partial charge on any atom is 0.416 e. The molecule has 0 radical (unpaired) electrons. The molecular formula is C23H21F3N4O2S. The first-order valence-corrected chi connectivity index (χ1v) is 11.2. The van der Waals surface area contributed by atoms with Crippen LogP contribution >= 0.6 is 11.3 Å². The van der Waals surface area contributed by atoms with Gasteiger partial charge in [-0.2, -0.15) is 13.2 Å². The van der Waals surface area contributed by atoms with Crippen molar-refractivity contribution in [2.24, 2.45) is 0 Å². The summed E-state index contributed by atoms with van der Waals surface area (Å²) in [6, 6.07) is 12.0. The maximum atomic E-state index is 13.2. The molecule has 1 aromatic heterocycles. The van der Waals surface area contributed by atoms with Crippen LogP contribution in [0, 0.1) is 0 Å². The molecule has 2 heterocycles. The molecule has 1 aliphatic heterocycles. The summed E-state index contributed by atoms with van der Waals surface area (Å²) < 4.78 is 39.7. The number of halogens is 3. The van der Waals surface area contributed by atoms with E-state index < -0.39 is 17.6 Å². The van der Waals surface area contributed by atoms with Crippen molar-refractivity contribution in [1.29, 1.82) is 0 Å². The monoisotopic (exact) mass is 474 g/mol. The minimum atomic E-state index is -4.51. The molecule has 2 N–H and O–H groups in total. The number of carbonyl (C=O) groups is 2. The molecule has 33 heavy (non-hydrogen) atoms. The Hall–Kier alpha value is -3.40. The summed E-state index contributed by atoms with van der Waals surface area (Å²) in [6.45, 7) is 1.45. The zero-order valence-corrected chi connectivity index (χ0v) is 18.3. The smallest absolute Gasteiger partial charge is 0.370 e. The van der Waals surface area contributed by atoms with Gasteiger partial charge in [0.05, 0.1) is 29.1 Å². The molecule has 3 aromatic rings. The summed E-state index contributed by atoms with van der Waals surface area (Å²) >= 11 is 1.17. The van der Waals surface area contributed by atoms with Crippen molar-refractivity contribution in [2.45, 2.75) is 25.4 Å². The van der Waals surface area contributed by atoms with Gasteiger partial charge in [0.1, 0.15) is 0 Å². The van der Waals surface area contributed by atoms with Gasteiger partial charge in [0, 0.05) is 24.0 Å². The quantitative estimate of drug-likeness (QED) is 0.515. The summed E-state index contributed by atoms with van der Waals surface area (Å²) in [5.41, 5.74) is 0.773. The van der Waals surface area contributed by atoms with E-state index in [9.17, 15) is 22.8 Å². The third kappa shape index (κ3) is 5.70. The average Bonchev–Trinajstić information content (AvgIpc) is 3.46. The van der Waals surface area contributed by atoms with Gasteiger partial charge in [-0.05, 0) is 43.2 Å². The Morgan fingerprint density at radius 2 is 1.76 bits per heavy atom. The number of hydrogen-bond donors (Lipinski definition) is 2. The molecule has 10 heteroatoms. The highest BCUT2D eigenvalue weighted by Crippen LogP contribution is 2.36. The van der Waals surface area contributed by atoms with Gasteiger partial charge >= 0.3 is 6.18 Å². The van der Waals surface area contributed by atoms with Crippen LogP contribution in [0.25, 0.3) is 0 Å². The molecule has 2 amide bonds. The van der Waals surface area contributed by atoms with Crippen LogP contribution in [0.15, 0.2) is 53.9 Å². The zero-order valence-electron chi connectivity index (χ0n) is 17.5. The zero-order chi connectivity index (χ0) is 23.4. The normalized spacial score (nSPS) is 13.7. The highest BCUT2D eigenvalue weighted by atomic mass is 32.1. The Labute approximate surface area is 192 Å². The van der Waals surface area contributed by atoms with E-state index in [1.54, 1.807) is 35.7 Å². The Bertz CT molecular complexity index is 1140. The third-order valence-corrected chi connectivity index (χ3v) is 6.00. The van der Waals surface area contributed by atoms with Gasteiger partial charge < -0.3 is 10.2 Å². The molecule has 0 bridgehead atoms. The van der Waals surface area contributed by atoms with Crippen molar-refractivity contribution >= 4 is 39.7 Å². The van der Waals surface area contributed by atoms with Gasteiger partial charge in [-0.1, -0.05) is 18.2 Å². The van der Waals surface area contributed by atoms with Crippen LogP contribution < -0.4 is 15.5 Å². The lowest BCUT2D eigenvalue weighted by molar-refractivity contribution is -0.137. The fourth-order valence-electron chi connectivity index (χ4n) is 3.61. The summed E-state index contributed by atoms with van der Waals surface area (Å²) in [4.78, 5) is 31.1. The van der Waals surface area contributed by atoms with Crippen molar-refractivity contribution in [1.82, 2.24) is 4.98 Å². The molecule has 0 atom stereocenters. The van der Waals surface area contributed by atoms with E-state index in [4.69, 9.17) is 0 Å². The molecule has 4 rings (SSSR count). The topological polar surface area (TPSA) is 74.3 Å². The molecule has 0 saturated carbocycles. The van der Waals surface area contributed by atoms with Gasteiger partial charge in [-0.3, -0.25) is 14.9 Å². The number of nitrogens with zero attached hydrogens (tertiary/aromatic N) is 2. The summed E-state index contributed by atoms with van der Waals surface area (Å²) in [5.74, 6) is -0.804. The van der Waals surface area contributed by atoms with Gasteiger partial charge in [0.2, 0.25) is 5.91 Å². The predicted molar refractivity (Wildman–Crippen MR) is 122 cm³/mol. The van der Waals surface area contributed by atoms with Crippen LogP contribution in [-0.2, 0) is 17.4 Å². The number of alkyl halides is 3. The van der Waals surface area contributed by atoms with E-state index >= 15 is 0 Å². The van der Waals surface area contributed by atoms with Crippen LogP contribution in [-0.4, -0.2) is 29.9 Å². The van der Waals surface area contributed by atoms with Gasteiger partial charge in [0.25, 0.3) is 5.91 Å². The van der Waals surface area contributed by atoms with E-state index in [2.05, 4.69) is 15.6 Å². The van der Waals surface area contributed by atoms with Crippen molar-refractivity contribution in [3.05, 3.63) is 70.7 Å². The largest absolute Gasteiger partial charge is 0.416 e. The van der Waals surface area contributed by atoms with E-state index in [0.29, 0.717) is 22.1 Å². The number of anilines is 3. The van der Waals surface area contributed by atoms with E-state index in [0.717, 1.165) is 38.1 Å². The van der Waals surface area contributed by atoms with E-state index in [1.807, 2.05) is 4.90 Å². The maximum absolute atomic E-state index is 13.2. The van der Waals surface area contributed by atoms with Crippen LogP contribution in [0.4, 0.5) is 29.7 Å². The molecule has 6 nitrogen and oxygen atoms in total. The Morgan fingerprint density at radius 3 is 2.45 bits per heavy atom. The number of benzene rings is 2. The van der Waals surface area contributed by atoms with Gasteiger partial charge in [-0.15, -0.1) is 11.3 Å². The fraction of sp³-hybridized carbons (Fsp3) is 0.261. The molecule has 1 saturated heterocycles. The number of aromatic nitrogens is 1. The molecule has 1 fully saturated rings. The summed E-state index contributed by atoms with van der Waals surface area (Å²) in [7, 11) is 0. The van der Waals surface area contributed by atoms with E-state index in [-0.39, 0.29) is 18.0 Å². The van der Waals surface area contributed by atoms with Gasteiger partial charge in [-0.25, -0.2) is 4.98 Å². The number of carbonyl (C=O) groups excluding carboxylic acids is 2. The second kappa shape index (κ2) is 9.62. The second-order valence-corrected chi connectivity index (χ2v) is 8.47. The first kappa shape index (κ1) is 22.8. The van der Waals surface area contributed by atoms with Crippen LogP contribution in [0.2, 0.25) is 0 Å². The van der Waals surface area contributed by atoms with Crippen molar-refractivity contribution in [3.8, 4) is 0 Å². The molecule has 0 unspecified atom stereocenters. The number of nitrogens with one attached hydrogen (secondary N) is 2. The SMILES string of the molecule is O=C(Cc1csc(NC(=O)c2ccccc2)n1)Nc1cc(C(F)(F)F)ccc1N1CCCC1. The Kier molecular flexibility index (Phi) is 6.64. The van der Waals surface area contributed by atoms with E-state index in [1.165, 1.54) is 17.4 Å². The Morgan fingerprint density at radius 1 is 1.03 bits per heavy atom. The average molecular weight is 475 g/mol. The number of amides is 2. The van der Waals surface area contributed by atoms with Crippen LogP contribution in [0.1, 0.15) is 34.5 Å². The predicted octanol–water partition coefficient (Wildman–Crippen LogP) is 5.20. The molecule has 1 aliphatic rings. The van der Waals surface area contributed by atoms with Crippen molar-refractivity contribution in [2.75, 3.05) is 28.6 Å². The van der Waals surface area contributed by atoms with Gasteiger partial charge in [0.15, 0.2) is 5.13 Å². The lowest BCUT2D eigenvalue weighted by Gasteiger charge is -2.23. The lowest BCUT2D eigenvalue weighted by atomic mass is 10.1. The van der Waals surface area contributed by atoms with Crippen LogP contribution in [0.5, 0.6) is 0 Å². The standard InChI is InChI=1S/C23H21F3N4O2S/c24-23(25,26)16-8-9-19(30-10-4-5-11-30)18(12-16)28-20(31)13-17-14-33-22(27-17)29-21(32)15-6-2-1-3-7-15/h1-3,6-9,12,14H,4-5,10-11,13H2,(H,28,31)(H,27,29,32). The van der Waals surface area contributed by atoms with Crippen molar-refractivity contribution in [3.63, 3.8) is 0 Å². The lowest BCUT2D eigenvalue weighted by Crippen LogP contribution is -2.22. The minimum absolute atomic E-state index is 0.129. The minimum Gasteiger partial charge on any atom is -0.370 e. The fourth-order valence-corrected chi connectivity index (χ4v) is 4.31. The highest BCUT2D eigenvalue weighted by molar-refractivity contribution is 7.14. The molecule has 0 aliphatic carbocycles.